The zero-order valence-corrected chi connectivity index (χ0v) is 8.93. The second-order valence-electron chi connectivity index (χ2n) is 3.41. The van der Waals surface area contributed by atoms with E-state index in [2.05, 4.69) is 5.32 Å². The molecular weight excluding hydrogens is 208 g/mol. The minimum atomic E-state index is -0.949. The predicted molar refractivity (Wildman–Crippen MR) is 60.5 cm³/mol. The highest BCUT2D eigenvalue weighted by Crippen LogP contribution is 2.12. The van der Waals surface area contributed by atoms with Crippen LogP contribution in [0.1, 0.15) is 17.3 Å². The summed E-state index contributed by atoms with van der Waals surface area (Å²) >= 11 is 0. The molecule has 1 aromatic rings. The Morgan fingerprint density at radius 2 is 2.19 bits per heavy atom. The van der Waals surface area contributed by atoms with Gasteiger partial charge in [-0.3, -0.25) is 9.59 Å². The van der Waals surface area contributed by atoms with Gasteiger partial charge in [-0.15, -0.1) is 0 Å². The van der Waals surface area contributed by atoms with E-state index < -0.39 is 12.0 Å². The lowest BCUT2D eigenvalue weighted by atomic mass is 10.1. The van der Waals surface area contributed by atoms with Crippen LogP contribution in [-0.4, -0.2) is 29.4 Å². The van der Waals surface area contributed by atoms with Gasteiger partial charge in [0.1, 0.15) is 6.04 Å². The molecule has 0 saturated carbocycles. The Morgan fingerprint density at radius 3 is 2.75 bits per heavy atom. The quantitative estimate of drug-likeness (QED) is 0.638. The van der Waals surface area contributed by atoms with Crippen molar-refractivity contribution in [1.29, 1.82) is 0 Å². The standard InChI is InChI=1S/C11H14N2O3/c1-7(11(15)16)13-9-4-2-3-8(5-9)10(14)6-12/h2-5,7,13H,6,12H2,1H3,(H,15,16). The van der Waals surface area contributed by atoms with Crippen LogP contribution in [0, 0.1) is 0 Å². The molecule has 0 aliphatic rings. The molecule has 0 fully saturated rings. The monoisotopic (exact) mass is 222 g/mol. The average molecular weight is 222 g/mol. The Kier molecular flexibility index (Phi) is 4.02. The maximum atomic E-state index is 11.3. The molecule has 0 aliphatic heterocycles. The Morgan fingerprint density at radius 1 is 1.50 bits per heavy atom. The fourth-order valence-electron chi connectivity index (χ4n) is 1.21. The largest absolute Gasteiger partial charge is 0.480 e. The first-order valence-corrected chi connectivity index (χ1v) is 4.87. The van der Waals surface area contributed by atoms with Gasteiger partial charge < -0.3 is 16.2 Å². The average Bonchev–Trinajstić information content (AvgIpc) is 2.28. The summed E-state index contributed by atoms with van der Waals surface area (Å²) in [7, 11) is 0. The van der Waals surface area contributed by atoms with Crippen molar-refractivity contribution >= 4 is 17.4 Å². The summed E-state index contributed by atoms with van der Waals surface area (Å²) in [6, 6.07) is 5.91. The lowest BCUT2D eigenvalue weighted by Crippen LogP contribution is -2.25. The fourth-order valence-corrected chi connectivity index (χ4v) is 1.21. The molecule has 1 aromatic carbocycles. The van der Waals surface area contributed by atoms with E-state index >= 15 is 0 Å². The van der Waals surface area contributed by atoms with Crippen LogP contribution < -0.4 is 11.1 Å². The molecule has 1 unspecified atom stereocenters. The van der Waals surface area contributed by atoms with Gasteiger partial charge in [0.05, 0.1) is 6.54 Å². The molecule has 5 heteroatoms. The molecular formula is C11H14N2O3. The lowest BCUT2D eigenvalue weighted by Gasteiger charge is -2.11. The van der Waals surface area contributed by atoms with Gasteiger partial charge in [0.2, 0.25) is 0 Å². The maximum Gasteiger partial charge on any atom is 0.325 e. The van der Waals surface area contributed by atoms with E-state index in [9.17, 15) is 9.59 Å². The minimum Gasteiger partial charge on any atom is -0.480 e. The summed E-state index contributed by atoms with van der Waals surface area (Å²) in [5.74, 6) is -1.12. The molecule has 0 bridgehead atoms. The summed E-state index contributed by atoms with van der Waals surface area (Å²) in [6.07, 6.45) is 0. The van der Waals surface area contributed by atoms with Gasteiger partial charge in [0, 0.05) is 11.3 Å². The van der Waals surface area contributed by atoms with Crippen LogP contribution in [0.2, 0.25) is 0 Å². The number of carboxylic acids is 1. The zero-order valence-electron chi connectivity index (χ0n) is 8.93. The van der Waals surface area contributed by atoms with Crippen molar-refractivity contribution < 1.29 is 14.7 Å². The highest BCUT2D eigenvalue weighted by atomic mass is 16.4. The number of carbonyl (C=O) groups is 2. The minimum absolute atomic E-state index is 0.0576. The zero-order chi connectivity index (χ0) is 12.1. The molecule has 0 aliphatic carbocycles. The number of nitrogens with one attached hydrogen (secondary N) is 1. The first-order chi connectivity index (χ1) is 7.54. The number of carboxylic acid groups (broad SMARTS) is 1. The predicted octanol–water partition coefficient (Wildman–Crippen LogP) is 0.713. The van der Waals surface area contributed by atoms with E-state index in [1.54, 1.807) is 24.3 Å². The molecule has 0 spiro atoms. The smallest absolute Gasteiger partial charge is 0.325 e. The fraction of sp³-hybridized carbons (Fsp3) is 0.273. The lowest BCUT2D eigenvalue weighted by molar-refractivity contribution is -0.137. The third-order valence-electron chi connectivity index (χ3n) is 2.12. The summed E-state index contributed by atoms with van der Waals surface area (Å²) in [5, 5.41) is 11.5. The summed E-state index contributed by atoms with van der Waals surface area (Å²) in [6.45, 7) is 1.47. The highest BCUT2D eigenvalue weighted by Gasteiger charge is 2.11. The van der Waals surface area contributed by atoms with E-state index in [0.29, 0.717) is 11.3 Å². The SMILES string of the molecule is CC(Nc1cccc(C(=O)CN)c1)C(=O)O. The van der Waals surface area contributed by atoms with Crippen LogP contribution >= 0.6 is 0 Å². The molecule has 16 heavy (non-hydrogen) atoms. The van der Waals surface area contributed by atoms with Gasteiger partial charge in [0.15, 0.2) is 5.78 Å². The topological polar surface area (TPSA) is 92.4 Å². The number of hydrogen-bond donors (Lipinski definition) is 3. The molecule has 1 rings (SSSR count). The van der Waals surface area contributed by atoms with Gasteiger partial charge in [-0.2, -0.15) is 0 Å². The number of Topliss-reactive ketones (excluding diaryl/α,β-unsaturated/α-hetero) is 1. The van der Waals surface area contributed by atoms with E-state index in [1.165, 1.54) is 6.92 Å². The van der Waals surface area contributed by atoms with Crippen LogP contribution in [0.4, 0.5) is 5.69 Å². The number of ketones is 1. The van der Waals surface area contributed by atoms with Crippen LogP contribution in [-0.2, 0) is 4.79 Å². The van der Waals surface area contributed by atoms with Crippen molar-refractivity contribution in [2.24, 2.45) is 5.73 Å². The Labute approximate surface area is 93.3 Å². The molecule has 5 nitrogen and oxygen atoms in total. The molecule has 86 valence electrons. The first-order valence-electron chi connectivity index (χ1n) is 4.87. The second-order valence-corrected chi connectivity index (χ2v) is 3.41. The third kappa shape index (κ3) is 3.06. The summed E-state index contributed by atoms with van der Waals surface area (Å²) in [4.78, 5) is 21.9. The highest BCUT2D eigenvalue weighted by molar-refractivity contribution is 5.98. The van der Waals surface area contributed by atoms with Crippen LogP contribution in [0.3, 0.4) is 0 Å². The van der Waals surface area contributed by atoms with E-state index in [0.717, 1.165) is 0 Å². The van der Waals surface area contributed by atoms with E-state index in [4.69, 9.17) is 10.8 Å². The van der Waals surface area contributed by atoms with Gasteiger partial charge in [-0.05, 0) is 19.1 Å². The molecule has 0 aromatic heterocycles. The molecule has 0 saturated heterocycles. The van der Waals surface area contributed by atoms with Crippen molar-refractivity contribution in [3.05, 3.63) is 29.8 Å². The number of benzene rings is 1. The summed E-state index contributed by atoms with van der Waals surface area (Å²) < 4.78 is 0. The number of hydrogen-bond acceptors (Lipinski definition) is 4. The van der Waals surface area contributed by atoms with Crippen LogP contribution in [0.25, 0.3) is 0 Å². The number of nitrogens with two attached hydrogens (primary N) is 1. The van der Waals surface area contributed by atoms with Crippen LogP contribution in [0.5, 0.6) is 0 Å². The normalized spacial score (nSPS) is 11.9. The molecule has 0 heterocycles. The Hall–Kier alpha value is -1.88. The second kappa shape index (κ2) is 5.27. The number of rotatable bonds is 5. The molecule has 1 atom stereocenters. The number of anilines is 1. The van der Waals surface area contributed by atoms with E-state index in [-0.39, 0.29) is 12.3 Å². The van der Waals surface area contributed by atoms with Crippen molar-refractivity contribution in [3.8, 4) is 0 Å². The molecule has 0 radical (unpaired) electrons. The molecule has 0 amide bonds. The molecule has 4 N–H and O–H groups in total. The maximum absolute atomic E-state index is 11.3. The Balaban J connectivity index is 2.82. The third-order valence-corrected chi connectivity index (χ3v) is 2.12. The van der Waals surface area contributed by atoms with Gasteiger partial charge in [-0.1, -0.05) is 12.1 Å². The van der Waals surface area contributed by atoms with Crippen molar-refractivity contribution in [3.63, 3.8) is 0 Å². The summed E-state index contributed by atoms with van der Waals surface area (Å²) in [5.41, 5.74) is 6.31. The van der Waals surface area contributed by atoms with Crippen LogP contribution in [0.15, 0.2) is 24.3 Å². The first kappa shape index (κ1) is 12.2. The van der Waals surface area contributed by atoms with Crippen molar-refractivity contribution in [2.75, 3.05) is 11.9 Å². The van der Waals surface area contributed by atoms with Gasteiger partial charge in [-0.25, -0.2) is 0 Å². The van der Waals surface area contributed by atoms with Gasteiger partial charge in [0.25, 0.3) is 0 Å². The van der Waals surface area contributed by atoms with Crippen molar-refractivity contribution in [2.45, 2.75) is 13.0 Å². The van der Waals surface area contributed by atoms with Crippen molar-refractivity contribution in [1.82, 2.24) is 0 Å². The number of aliphatic carboxylic acids is 1. The number of carbonyl (C=O) groups excluding carboxylic acids is 1. The van der Waals surface area contributed by atoms with Gasteiger partial charge >= 0.3 is 5.97 Å². The Bertz CT molecular complexity index is 404. The van der Waals surface area contributed by atoms with E-state index in [1.807, 2.05) is 0 Å².